The van der Waals surface area contributed by atoms with E-state index >= 15 is 0 Å². The van der Waals surface area contributed by atoms with E-state index in [0.29, 0.717) is 5.76 Å². The predicted molar refractivity (Wildman–Crippen MR) is 85.7 cm³/mol. The molecule has 22 heavy (non-hydrogen) atoms. The minimum absolute atomic E-state index is 0.00493. The molecule has 0 spiro atoms. The van der Waals surface area contributed by atoms with Crippen molar-refractivity contribution in [1.29, 1.82) is 0 Å². The summed E-state index contributed by atoms with van der Waals surface area (Å²) in [4.78, 5) is 15.0. The van der Waals surface area contributed by atoms with Crippen LogP contribution in [0.4, 0.5) is 0 Å². The molecule has 0 bridgehead atoms. The monoisotopic (exact) mass is 298 g/mol. The first-order valence-corrected chi connectivity index (χ1v) is 8.06. The van der Waals surface area contributed by atoms with Gasteiger partial charge >= 0.3 is 0 Å². The molecule has 0 radical (unpaired) electrons. The fraction of sp³-hybridized carbons (Fsp3) is 0.444. The molecule has 0 aliphatic carbocycles. The van der Waals surface area contributed by atoms with Crippen molar-refractivity contribution >= 4 is 5.78 Å². The number of benzene rings is 1. The van der Waals surface area contributed by atoms with Crippen LogP contribution in [0.1, 0.15) is 36.7 Å². The van der Waals surface area contributed by atoms with Crippen molar-refractivity contribution in [2.45, 2.75) is 26.2 Å². The number of hydrogen-bond donors (Lipinski definition) is 0. The van der Waals surface area contributed by atoms with Crippen molar-refractivity contribution in [1.82, 2.24) is 10.1 Å². The molecule has 0 unspecified atom stereocenters. The number of carbonyl (C=O) groups is 1. The van der Waals surface area contributed by atoms with Crippen molar-refractivity contribution < 1.29 is 9.32 Å². The van der Waals surface area contributed by atoms with Crippen LogP contribution in [0.15, 0.2) is 40.9 Å². The van der Waals surface area contributed by atoms with Crippen LogP contribution in [0.25, 0.3) is 11.3 Å². The number of Topliss-reactive ketones (excluding diaryl/α,β-unsaturated/α-hetero) is 1. The van der Waals surface area contributed by atoms with Gasteiger partial charge in [-0.05, 0) is 32.4 Å². The Balaban J connectivity index is 1.72. The smallest absolute Gasteiger partial charge is 0.205 e. The molecule has 4 heteroatoms. The molecule has 1 atom stereocenters. The summed E-state index contributed by atoms with van der Waals surface area (Å²) >= 11 is 0. The number of carbonyl (C=O) groups excluding carboxylic acids is 1. The van der Waals surface area contributed by atoms with E-state index in [-0.39, 0.29) is 11.7 Å². The summed E-state index contributed by atoms with van der Waals surface area (Å²) in [5.41, 5.74) is 1.69. The van der Waals surface area contributed by atoms with Crippen molar-refractivity contribution in [2.75, 3.05) is 19.6 Å². The van der Waals surface area contributed by atoms with E-state index in [4.69, 9.17) is 4.52 Å². The van der Waals surface area contributed by atoms with E-state index in [1.165, 1.54) is 12.8 Å². The second kappa shape index (κ2) is 6.88. The second-order valence-corrected chi connectivity index (χ2v) is 5.92. The number of likely N-dealkylation sites (tertiary alicyclic amines) is 1. The maximum Gasteiger partial charge on any atom is 0.205 e. The van der Waals surface area contributed by atoms with E-state index < -0.39 is 0 Å². The maximum atomic E-state index is 12.6. The summed E-state index contributed by atoms with van der Waals surface area (Å²) in [7, 11) is 0. The van der Waals surface area contributed by atoms with E-state index in [1.54, 1.807) is 6.07 Å². The molecular weight excluding hydrogens is 276 g/mol. The molecule has 1 aromatic carbocycles. The van der Waals surface area contributed by atoms with Crippen LogP contribution < -0.4 is 0 Å². The van der Waals surface area contributed by atoms with Gasteiger partial charge in [-0.2, -0.15) is 0 Å². The summed E-state index contributed by atoms with van der Waals surface area (Å²) in [5, 5.41) is 4.05. The van der Waals surface area contributed by atoms with Crippen LogP contribution in [-0.4, -0.2) is 35.5 Å². The summed E-state index contributed by atoms with van der Waals surface area (Å²) in [5.74, 6) is 0.448. The number of hydrogen-bond acceptors (Lipinski definition) is 4. The van der Waals surface area contributed by atoms with Crippen molar-refractivity contribution in [2.24, 2.45) is 5.92 Å². The fourth-order valence-electron chi connectivity index (χ4n) is 3.01. The van der Waals surface area contributed by atoms with Crippen molar-refractivity contribution in [3.8, 4) is 11.3 Å². The van der Waals surface area contributed by atoms with Gasteiger partial charge in [-0.3, -0.25) is 4.79 Å². The Kier molecular flexibility index (Phi) is 4.68. The normalized spacial score (nSPS) is 16.8. The molecule has 3 rings (SSSR count). The largest absolute Gasteiger partial charge is 0.352 e. The third-order valence-electron chi connectivity index (χ3n) is 4.36. The van der Waals surface area contributed by atoms with Crippen LogP contribution >= 0.6 is 0 Å². The van der Waals surface area contributed by atoms with E-state index in [0.717, 1.165) is 37.3 Å². The maximum absolute atomic E-state index is 12.6. The van der Waals surface area contributed by atoms with Gasteiger partial charge < -0.3 is 9.42 Å². The van der Waals surface area contributed by atoms with Gasteiger partial charge in [0.25, 0.3) is 0 Å². The Morgan fingerprint density at radius 1 is 1.27 bits per heavy atom. The lowest BCUT2D eigenvalue weighted by atomic mass is 9.98. The van der Waals surface area contributed by atoms with Gasteiger partial charge in [0.05, 0.1) is 0 Å². The quantitative estimate of drug-likeness (QED) is 0.764. The highest BCUT2D eigenvalue weighted by Crippen LogP contribution is 2.22. The summed E-state index contributed by atoms with van der Waals surface area (Å²) < 4.78 is 5.31. The predicted octanol–water partition coefficient (Wildman–Crippen LogP) is 3.65. The van der Waals surface area contributed by atoms with Gasteiger partial charge in [0.15, 0.2) is 0 Å². The van der Waals surface area contributed by atoms with Crippen LogP contribution in [0.5, 0.6) is 0 Å². The second-order valence-electron chi connectivity index (χ2n) is 5.92. The van der Waals surface area contributed by atoms with Gasteiger partial charge in [-0.25, -0.2) is 0 Å². The number of nitrogens with zero attached hydrogens (tertiary/aromatic N) is 2. The van der Waals surface area contributed by atoms with Crippen LogP contribution in [0, 0.1) is 5.92 Å². The standard InChI is InChI=1S/C18H22N2O2/c1-2-14(13-20-10-6-7-11-20)18(21)17-12-16(19-22-17)15-8-4-3-5-9-15/h3-5,8-9,12,14H,2,6-7,10-11,13H2,1H3/t14-/m0/s1. The zero-order chi connectivity index (χ0) is 15.4. The van der Waals surface area contributed by atoms with E-state index in [1.807, 2.05) is 30.3 Å². The SMILES string of the molecule is CC[C@@H](CN1CCCC1)C(=O)c1cc(-c2ccccc2)no1. The van der Waals surface area contributed by atoms with Gasteiger partial charge in [-0.1, -0.05) is 42.4 Å². The topological polar surface area (TPSA) is 46.3 Å². The summed E-state index contributed by atoms with van der Waals surface area (Å²) in [6.07, 6.45) is 3.31. The molecule has 2 aromatic rings. The van der Waals surface area contributed by atoms with Crippen molar-refractivity contribution in [3.63, 3.8) is 0 Å². The molecule has 4 nitrogen and oxygen atoms in total. The molecule has 2 heterocycles. The van der Waals surface area contributed by atoms with Crippen LogP contribution in [-0.2, 0) is 0 Å². The Morgan fingerprint density at radius 2 is 2.00 bits per heavy atom. The molecular formula is C18H22N2O2. The lowest BCUT2D eigenvalue weighted by Gasteiger charge is -2.20. The minimum Gasteiger partial charge on any atom is -0.352 e. The fourth-order valence-corrected chi connectivity index (χ4v) is 3.01. The van der Waals surface area contributed by atoms with Gasteiger partial charge in [0, 0.05) is 24.1 Å². The summed E-state index contributed by atoms with van der Waals surface area (Å²) in [6, 6.07) is 11.6. The molecule has 1 saturated heterocycles. The molecule has 0 saturated carbocycles. The Bertz CT molecular complexity index is 615. The van der Waals surface area contributed by atoms with Crippen LogP contribution in [0.2, 0.25) is 0 Å². The van der Waals surface area contributed by atoms with Gasteiger partial charge in [0.1, 0.15) is 5.69 Å². The Hall–Kier alpha value is -1.94. The third-order valence-corrected chi connectivity index (χ3v) is 4.36. The highest BCUT2D eigenvalue weighted by Gasteiger charge is 2.26. The van der Waals surface area contributed by atoms with Crippen LogP contribution in [0.3, 0.4) is 0 Å². The molecule has 0 amide bonds. The highest BCUT2D eigenvalue weighted by atomic mass is 16.5. The van der Waals surface area contributed by atoms with Crippen molar-refractivity contribution in [3.05, 3.63) is 42.2 Å². The number of ketones is 1. The summed E-state index contributed by atoms with van der Waals surface area (Å²) in [6.45, 7) is 5.11. The first kappa shape index (κ1) is 15.0. The third kappa shape index (κ3) is 3.28. The Morgan fingerprint density at radius 3 is 2.68 bits per heavy atom. The van der Waals surface area contributed by atoms with Gasteiger partial charge in [0.2, 0.25) is 11.5 Å². The molecule has 0 N–H and O–H groups in total. The molecule has 1 aliphatic heterocycles. The zero-order valence-corrected chi connectivity index (χ0v) is 13.0. The molecule has 116 valence electrons. The van der Waals surface area contributed by atoms with E-state index in [9.17, 15) is 4.79 Å². The molecule has 1 aromatic heterocycles. The number of rotatable bonds is 6. The average Bonchev–Trinajstić information content (AvgIpc) is 3.24. The zero-order valence-electron chi connectivity index (χ0n) is 13.0. The molecule has 1 aliphatic rings. The first-order chi connectivity index (χ1) is 10.8. The van der Waals surface area contributed by atoms with Gasteiger partial charge in [-0.15, -0.1) is 0 Å². The number of aromatic nitrogens is 1. The average molecular weight is 298 g/mol. The molecule has 1 fully saturated rings. The Labute approximate surface area is 131 Å². The first-order valence-electron chi connectivity index (χ1n) is 8.06. The lowest BCUT2D eigenvalue weighted by Crippen LogP contribution is -2.30. The lowest BCUT2D eigenvalue weighted by molar-refractivity contribution is 0.0847. The highest BCUT2D eigenvalue weighted by molar-refractivity contribution is 5.96. The van der Waals surface area contributed by atoms with E-state index in [2.05, 4.69) is 17.0 Å². The minimum atomic E-state index is -0.00493.